The van der Waals surface area contributed by atoms with Gasteiger partial charge in [-0.15, -0.1) is 0 Å². The fourth-order valence-corrected chi connectivity index (χ4v) is 2.00. The van der Waals surface area contributed by atoms with Crippen LogP contribution in [0.5, 0.6) is 0 Å². The fraction of sp³-hybridized carbons (Fsp3) is 0.429. The summed E-state index contributed by atoms with van der Waals surface area (Å²) in [5, 5.41) is 4.40. The largest absolute Gasteiger partial charge is 0.326 e. The molecule has 0 bridgehead atoms. The Morgan fingerprint density at radius 2 is 2.05 bits per heavy atom. The van der Waals surface area contributed by atoms with Crippen molar-refractivity contribution in [2.75, 3.05) is 0 Å². The summed E-state index contributed by atoms with van der Waals surface area (Å²) in [6.45, 7) is 4.84. The second-order valence-corrected chi connectivity index (χ2v) is 4.44. The third-order valence-electron chi connectivity index (χ3n) is 3.09. The van der Waals surface area contributed by atoms with Crippen molar-refractivity contribution in [1.29, 1.82) is 0 Å². The minimum atomic E-state index is -0.229. The summed E-state index contributed by atoms with van der Waals surface area (Å²) in [4.78, 5) is 4.42. The van der Waals surface area contributed by atoms with Gasteiger partial charge in [0.05, 0.1) is 6.54 Å². The van der Waals surface area contributed by atoms with E-state index in [2.05, 4.69) is 10.1 Å². The zero-order valence-electron chi connectivity index (χ0n) is 11.4. The number of aryl methyl sites for hydroxylation is 2. The van der Waals surface area contributed by atoms with Crippen LogP contribution in [0, 0.1) is 5.82 Å². The normalized spacial score (nSPS) is 10.9. The lowest BCUT2D eigenvalue weighted by molar-refractivity contribution is 0.571. The Balaban J connectivity index is 2.32. The molecule has 4 nitrogen and oxygen atoms in total. The van der Waals surface area contributed by atoms with E-state index in [1.807, 2.05) is 13.8 Å². The average Bonchev–Trinajstić information content (AvgIpc) is 2.83. The van der Waals surface area contributed by atoms with Crippen LogP contribution in [0.2, 0.25) is 0 Å². The van der Waals surface area contributed by atoms with E-state index >= 15 is 0 Å². The summed E-state index contributed by atoms with van der Waals surface area (Å²) < 4.78 is 15.6. The van der Waals surface area contributed by atoms with Gasteiger partial charge in [-0.2, -0.15) is 5.10 Å². The number of rotatable bonds is 5. The molecular weight excluding hydrogens is 243 g/mol. The van der Waals surface area contributed by atoms with Crippen LogP contribution in [0.4, 0.5) is 4.39 Å². The maximum Gasteiger partial charge on any atom is 0.150 e. The second kappa shape index (κ2) is 5.93. The lowest BCUT2D eigenvalue weighted by Crippen LogP contribution is -2.09. The summed E-state index contributed by atoms with van der Waals surface area (Å²) in [5.41, 5.74) is 7.11. The van der Waals surface area contributed by atoms with E-state index in [0.717, 1.165) is 30.1 Å². The van der Waals surface area contributed by atoms with Crippen molar-refractivity contribution in [1.82, 2.24) is 14.8 Å². The quantitative estimate of drug-likeness (QED) is 0.897. The summed E-state index contributed by atoms with van der Waals surface area (Å²) in [6.07, 6.45) is 1.57. The molecule has 0 aliphatic heterocycles. The number of halogens is 1. The Hall–Kier alpha value is -1.75. The van der Waals surface area contributed by atoms with Crippen LogP contribution in [-0.2, 0) is 25.9 Å². The molecule has 0 aliphatic carbocycles. The van der Waals surface area contributed by atoms with Gasteiger partial charge in [-0.25, -0.2) is 14.1 Å². The second-order valence-electron chi connectivity index (χ2n) is 4.44. The van der Waals surface area contributed by atoms with Gasteiger partial charge in [0.25, 0.3) is 0 Å². The lowest BCUT2D eigenvalue weighted by atomic mass is 10.1. The number of nitrogens with zero attached hydrogens (tertiary/aromatic N) is 3. The number of hydrogen-bond donors (Lipinski definition) is 1. The first kappa shape index (κ1) is 13.7. The lowest BCUT2D eigenvalue weighted by Gasteiger charge is -2.07. The first-order valence-corrected chi connectivity index (χ1v) is 6.57. The van der Waals surface area contributed by atoms with Crippen LogP contribution >= 0.6 is 0 Å². The third-order valence-corrected chi connectivity index (χ3v) is 3.09. The van der Waals surface area contributed by atoms with Gasteiger partial charge in [-0.05, 0) is 17.7 Å². The number of aromatic nitrogens is 3. The topological polar surface area (TPSA) is 56.7 Å². The van der Waals surface area contributed by atoms with Gasteiger partial charge < -0.3 is 5.73 Å². The Kier molecular flexibility index (Phi) is 4.27. The van der Waals surface area contributed by atoms with E-state index in [1.165, 1.54) is 6.07 Å². The monoisotopic (exact) mass is 262 g/mol. The molecule has 19 heavy (non-hydrogen) atoms. The average molecular weight is 262 g/mol. The number of nitrogens with two attached hydrogens (primary N) is 1. The molecule has 0 unspecified atom stereocenters. The van der Waals surface area contributed by atoms with Crippen LogP contribution in [0.25, 0.3) is 0 Å². The Morgan fingerprint density at radius 1 is 1.26 bits per heavy atom. The van der Waals surface area contributed by atoms with Crippen LogP contribution in [0.15, 0.2) is 18.2 Å². The van der Waals surface area contributed by atoms with E-state index in [9.17, 15) is 4.39 Å². The molecule has 2 aromatic rings. The molecule has 1 aromatic carbocycles. The molecule has 0 fully saturated rings. The summed E-state index contributed by atoms with van der Waals surface area (Å²) in [7, 11) is 0. The van der Waals surface area contributed by atoms with Gasteiger partial charge in [-0.3, -0.25) is 0 Å². The molecule has 0 saturated carbocycles. The molecule has 2 N–H and O–H groups in total. The minimum absolute atomic E-state index is 0.229. The van der Waals surface area contributed by atoms with E-state index in [4.69, 9.17) is 5.73 Å². The highest BCUT2D eigenvalue weighted by molar-refractivity contribution is 5.25. The molecule has 2 rings (SSSR count). The van der Waals surface area contributed by atoms with Gasteiger partial charge in [-0.1, -0.05) is 19.9 Å². The Bertz CT molecular complexity index is 563. The fourth-order valence-electron chi connectivity index (χ4n) is 2.00. The first-order valence-electron chi connectivity index (χ1n) is 6.57. The minimum Gasteiger partial charge on any atom is -0.326 e. The third kappa shape index (κ3) is 2.98. The van der Waals surface area contributed by atoms with Gasteiger partial charge in [0.15, 0.2) is 5.82 Å². The zero-order valence-corrected chi connectivity index (χ0v) is 11.4. The van der Waals surface area contributed by atoms with Crippen LogP contribution < -0.4 is 5.73 Å². The molecule has 0 saturated heterocycles. The predicted octanol–water partition coefficient (Wildman–Crippen LogP) is 2.05. The molecular formula is C14H19FN4. The maximum absolute atomic E-state index is 13.8. The smallest absolute Gasteiger partial charge is 0.150 e. The molecule has 0 amide bonds. The molecule has 1 aromatic heterocycles. The van der Waals surface area contributed by atoms with Gasteiger partial charge >= 0.3 is 0 Å². The summed E-state index contributed by atoms with van der Waals surface area (Å²) >= 11 is 0. The van der Waals surface area contributed by atoms with Crippen LogP contribution in [0.1, 0.15) is 36.6 Å². The van der Waals surface area contributed by atoms with Crippen molar-refractivity contribution in [3.8, 4) is 0 Å². The van der Waals surface area contributed by atoms with Crippen molar-refractivity contribution in [3.05, 3.63) is 46.8 Å². The molecule has 0 atom stereocenters. The molecule has 1 heterocycles. The van der Waals surface area contributed by atoms with Crippen molar-refractivity contribution in [2.24, 2.45) is 5.73 Å². The highest BCUT2D eigenvalue weighted by Gasteiger charge is 2.10. The summed E-state index contributed by atoms with van der Waals surface area (Å²) in [5.74, 6) is 1.45. The number of hydrogen-bond acceptors (Lipinski definition) is 3. The van der Waals surface area contributed by atoms with Crippen LogP contribution in [-0.4, -0.2) is 14.8 Å². The SMILES string of the molecule is CCc1nc(CC)n(Cc2cc(CN)ccc2F)n1. The maximum atomic E-state index is 13.8. The van der Waals surface area contributed by atoms with E-state index < -0.39 is 0 Å². The van der Waals surface area contributed by atoms with E-state index in [1.54, 1.807) is 16.8 Å². The van der Waals surface area contributed by atoms with Crippen molar-refractivity contribution in [3.63, 3.8) is 0 Å². The van der Waals surface area contributed by atoms with Gasteiger partial charge in [0.2, 0.25) is 0 Å². The Labute approximate surface area is 112 Å². The molecule has 0 spiro atoms. The van der Waals surface area contributed by atoms with Gasteiger partial charge in [0, 0.05) is 24.9 Å². The predicted molar refractivity (Wildman–Crippen MR) is 72.2 cm³/mol. The van der Waals surface area contributed by atoms with Crippen molar-refractivity contribution < 1.29 is 4.39 Å². The molecule has 0 aliphatic rings. The number of benzene rings is 1. The van der Waals surface area contributed by atoms with Gasteiger partial charge in [0.1, 0.15) is 11.6 Å². The first-order chi connectivity index (χ1) is 9.17. The van der Waals surface area contributed by atoms with Crippen molar-refractivity contribution in [2.45, 2.75) is 39.8 Å². The summed E-state index contributed by atoms with van der Waals surface area (Å²) in [6, 6.07) is 4.96. The highest BCUT2D eigenvalue weighted by Crippen LogP contribution is 2.13. The highest BCUT2D eigenvalue weighted by atomic mass is 19.1. The zero-order chi connectivity index (χ0) is 13.8. The standard InChI is InChI=1S/C14H19FN4/c1-3-13-17-14(4-2)19(18-13)9-11-7-10(8-16)5-6-12(11)15/h5-7H,3-4,8-9,16H2,1-2H3. The Morgan fingerprint density at radius 3 is 2.68 bits per heavy atom. The molecule has 0 radical (unpaired) electrons. The van der Waals surface area contributed by atoms with E-state index in [-0.39, 0.29) is 5.82 Å². The molecule has 5 heteroatoms. The molecule has 102 valence electrons. The van der Waals surface area contributed by atoms with Crippen molar-refractivity contribution >= 4 is 0 Å². The van der Waals surface area contributed by atoms with E-state index in [0.29, 0.717) is 18.7 Å². The van der Waals surface area contributed by atoms with Crippen LogP contribution in [0.3, 0.4) is 0 Å².